The molecule has 166 valence electrons. The molecule has 3 aromatic heterocycles. The Labute approximate surface area is 189 Å². The molecule has 0 saturated carbocycles. The van der Waals surface area contributed by atoms with Gasteiger partial charge in [-0.3, -0.25) is 18.6 Å². The van der Waals surface area contributed by atoms with Crippen LogP contribution in [0, 0.1) is 0 Å². The van der Waals surface area contributed by atoms with Gasteiger partial charge in [-0.25, -0.2) is 0 Å². The molecule has 0 saturated heterocycles. The van der Waals surface area contributed by atoms with Gasteiger partial charge >= 0.3 is 0 Å². The number of benzene rings is 2. The van der Waals surface area contributed by atoms with Gasteiger partial charge in [0.1, 0.15) is 11.6 Å². The molecule has 3 heterocycles. The van der Waals surface area contributed by atoms with Gasteiger partial charge in [0, 0.05) is 19.4 Å². The van der Waals surface area contributed by atoms with Crippen LogP contribution in [-0.4, -0.2) is 25.1 Å². The lowest BCUT2D eigenvalue weighted by atomic mass is 10.1. The molecule has 8 heteroatoms. The summed E-state index contributed by atoms with van der Waals surface area (Å²) in [6.45, 7) is 0.827. The van der Waals surface area contributed by atoms with Crippen molar-refractivity contribution in [3.8, 4) is 0 Å². The van der Waals surface area contributed by atoms with E-state index < -0.39 is 0 Å². The molecule has 0 fully saturated rings. The first-order valence-electron chi connectivity index (χ1n) is 10.9. The van der Waals surface area contributed by atoms with Crippen molar-refractivity contribution in [2.24, 2.45) is 0 Å². The van der Waals surface area contributed by atoms with Crippen LogP contribution in [0.1, 0.15) is 23.6 Å². The molecule has 2 aromatic carbocycles. The van der Waals surface area contributed by atoms with Crippen LogP contribution in [-0.2, 0) is 30.7 Å². The molecule has 8 nitrogen and oxygen atoms in total. The molecule has 1 N–H and O–H groups in total. The van der Waals surface area contributed by atoms with Crippen molar-refractivity contribution in [3.63, 3.8) is 0 Å². The number of carbonyl (C=O) groups is 1. The first-order chi connectivity index (χ1) is 16.2. The summed E-state index contributed by atoms with van der Waals surface area (Å²) in [6.07, 6.45) is 2.92. The quantitative estimate of drug-likeness (QED) is 0.399. The van der Waals surface area contributed by atoms with Gasteiger partial charge in [0.2, 0.25) is 11.7 Å². The Hall–Kier alpha value is -4.20. The monoisotopic (exact) mass is 441 g/mol. The van der Waals surface area contributed by atoms with Crippen molar-refractivity contribution in [2.75, 3.05) is 0 Å². The second-order valence-corrected chi connectivity index (χ2v) is 7.82. The summed E-state index contributed by atoms with van der Waals surface area (Å²) in [5.41, 5.74) is 1.79. The predicted molar refractivity (Wildman–Crippen MR) is 124 cm³/mol. The van der Waals surface area contributed by atoms with Crippen LogP contribution in [0.3, 0.4) is 0 Å². The zero-order valence-corrected chi connectivity index (χ0v) is 18.0. The zero-order valence-electron chi connectivity index (χ0n) is 18.0. The van der Waals surface area contributed by atoms with Gasteiger partial charge in [-0.05, 0) is 36.2 Å². The Morgan fingerprint density at radius 3 is 2.58 bits per heavy atom. The van der Waals surface area contributed by atoms with Crippen molar-refractivity contribution in [1.82, 2.24) is 24.5 Å². The van der Waals surface area contributed by atoms with Crippen LogP contribution in [0.4, 0.5) is 0 Å². The van der Waals surface area contributed by atoms with E-state index >= 15 is 0 Å². The van der Waals surface area contributed by atoms with E-state index in [-0.39, 0.29) is 17.9 Å². The van der Waals surface area contributed by atoms with Crippen LogP contribution in [0.2, 0.25) is 0 Å². The normalized spacial score (nSPS) is 11.3. The number of fused-ring (bicyclic) bond motifs is 3. The third-order valence-corrected chi connectivity index (χ3v) is 5.66. The van der Waals surface area contributed by atoms with E-state index in [1.54, 1.807) is 16.9 Å². The number of aromatic nitrogens is 4. The largest absolute Gasteiger partial charge is 0.467 e. The summed E-state index contributed by atoms with van der Waals surface area (Å²) in [4.78, 5) is 25.6. The van der Waals surface area contributed by atoms with Crippen LogP contribution >= 0.6 is 0 Å². The highest BCUT2D eigenvalue weighted by molar-refractivity contribution is 5.80. The lowest BCUT2D eigenvalue weighted by molar-refractivity contribution is -0.121. The Kier molecular flexibility index (Phi) is 5.72. The summed E-state index contributed by atoms with van der Waals surface area (Å²) < 4.78 is 8.81. The Morgan fingerprint density at radius 2 is 1.76 bits per heavy atom. The number of para-hydroxylation sites is 1. The van der Waals surface area contributed by atoms with Gasteiger partial charge in [-0.2, -0.15) is 0 Å². The van der Waals surface area contributed by atoms with Crippen molar-refractivity contribution in [2.45, 2.75) is 32.4 Å². The third-order valence-electron chi connectivity index (χ3n) is 5.66. The fraction of sp³-hybridized carbons (Fsp3) is 0.200. The average molecular weight is 441 g/mol. The Bertz CT molecular complexity index is 1450. The zero-order chi connectivity index (χ0) is 22.6. The topological polar surface area (TPSA) is 94.4 Å². The maximum absolute atomic E-state index is 13.2. The third kappa shape index (κ3) is 4.27. The smallest absolute Gasteiger partial charge is 0.262 e. The minimum atomic E-state index is -0.107. The van der Waals surface area contributed by atoms with Crippen molar-refractivity contribution < 1.29 is 9.21 Å². The number of furan rings is 1. The minimum Gasteiger partial charge on any atom is -0.467 e. The second-order valence-electron chi connectivity index (χ2n) is 7.82. The lowest BCUT2D eigenvalue weighted by Gasteiger charge is -2.11. The SMILES string of the molecule is O=C(CCc1nnc2n(CCc3ccccc3)c(=O)c3ccccc3n12)NCc1ccco1. The molecule has 1 amide bonds. The number of carbonyl (C=O) groups excluding carboxylic acids is 1. The standard InChI is InChI=1S/C25H23N5O3/c31-23(26-17-19-9-6-16-33-19)13-12-22-27-28-25-29(15-14-18-7-2-1-3-8-18)24(32)20-10-4-5-11-21(20)30(22)25/h1-11,16H,12-15,17H2,(H,26,31). The van der Waals surface area contributed by atoms with Crippen LogP contribution in [0.5, 0.6) is 0 Å². The van der Waals surface area contributed by atoms with E-state index in [9.17, 15) is 9.59 Å². The molecule has 0 aliphatic carbocycles. The number of hydrogen-bond donors (Lipinski definition) is 1. The number of aryl methyl sites for hydroxylation is 3. The van der Waals surface area contributed by atoms with Gasteiger partial charge in [-0.1, -0.05) is 42.5 Å². The highest BCUT2D eigenvalue weighted by Crippen LogP contribution is 2.16. The maximum Gasteiger partial charge on any atom is 0.262 e. The molecule has 0 spiro atoms. The maximum atomic E-state index is 13.2. The van der Waals surface area contributed by atoms with Crippen LogP contribution in [0.15, 0.2) is 82.2 Å². The molecular weight excluding hydrogens is 418 g/mol. The predicted octanol–water partition coefficient (Wildman–Crippen LogP) is 3.13. The molecule has 33 heavy (non-hydrogen) atoms. The summed E-state index contributed by atoms with van der Waals surface area (Å²) in [5, 5.41) is 12.1. The first kappa shape index (κ1) is 20.7. The van der Waals surface area contributed by atoms with Gasteiger partial charge in [0.05, 0.1) is 23.7 Å². The fourth-order valence-corrected chi connectivity index (χ4v) is 3.98. The molecular formula is C25H23N5O3. The van der Waals surface area contributed by atoms with Gasteiger partial charge < -0.3 is 9.73 Å². The van der Waals surface area contributed by atoms with Crippen LogP contribution in [0.25, 0.3) is 16.7 Å². The van der Waals surface area contributed by atoms with Gasteiger partial charge in [0.25, 0.3) is 5.56 Å². The molecule has 0 aliphatic rings. The van der Waals surface area contributed by atoms with E-state index in [0.29, 0.717) is 48.7 Å². The van der Waals surface area contributed by atoms with E-state index in [1.165, 1.54) is 0 Å². The van der Waals surface area contributed by atoms with Crippen molar-refractivity contribution in [1.29, 1.82) is 0 Å². The summed E-state index contributed by atoms with van der Waals surface area (Å²) >= 11 is 0. The number of rotatable bonds is 8. The molecule has 0 atom stereocenters. The highest BCUT2D eigenvalue weighted by Gasteiger charge is 2.17. The number of nitrogens with one attached hydrogen (secondary N) is 1. The van der Waals surface area contributed by atoms with Gasteiger partial charge in [-0.15, -0.1) is 10.2 Å². The molecule has 5 aromatic rings. The van der Waals surface area contributed by atoms with E-state index in [1.807, 2.05) is 65.1 Å². The molecule has 0 bridgehead atoms. The number of nitrogens with zero attached hydrogens (tertiary/aromatic N) is 4. The van der Waals surface area contributed by atoms with E-state index in [4.69, 9.17) is 4.42 Å². The fourth-order valence-electron chi connectivity index (χ4n) is 3.98. The van der Waals surface area contributed by atoms with E-state index in [2.05, 4.69) is 15.5 Å². The van der Waals surface area contributed by atoms with Crippen LogP contribution < -0.4 is 10.9 Å². The van der Waals surface area contributed by atoms with Crippen molar-refractivity contribution >= 4 is 22.6 Å². The number of amides is 1. The molecule has 0 aliphatic heterocycles. The Morgan fingerprint density at radius 1 is 0.939 bits per heavy atom. The van der Waals surface area contributed by atoms with Gasteiger partial charge in [0.15, 0.2) is 0 Å². The summed E-state index contributed by atoms with van der Waals surface area (Å²) in [7, 11) is 0. The lowest BCUT2D eigenvalue weighted by Crippen LogP contribution is -2.25. The first-order valence-corrected chi connectivity index (χ1v) is 10.9. The summed E-state index contributed by atoms with van der Waals surface area (Å²) in [5.74, 6) is 1.72. The average Bonchev–Trinajstić information content (AvgIpc) is 3.52. The number of hydrogen-bond acceptors (Lipinski definition) is 5. The Balaban J connectivity index is 1.43. The minimum absolute atomic E-state index is 0.0934. The molecule has 0 radical (unpaired) electrons. The molecule has 0 unspecified atom stereocenters. The second kappa shape index (κ2) is 9.12. The highest BCUT2D eigenvalue weighted by atomic mass is 16.3. The summed E-state index contributed by atoms with van der Waals surface area (Å²) in [6, 6.07) is 21.1. The van der Waals surface area contributed by atoms with E-state index in [0.717, 1.165) is 11.1 Å². The molecule has 5 rings (SSSR count). The van der Waals surface area contributed by atoms with Crippen molar-refractivity contribution in [3.05, 3.63) is 100 Å².